The molecule has 0 aromatic heterocycles. The fraction of sp³-hybridized carbons (Fsp3) is 0. The van der Waals surface area contributed by atoms with Crippen molar-refractivity contribution in [2.24, 2.45) is 0 Å². The molecule has 0 atom stereocenters. The van der Waals surface area contributed by atoms with E-state index in [1.165, 1.54) is 4.13 Å². The van der Waals surface area contributed by atoms with Gasteiger partial charge in [-0.3, -0.25) is 0 Å². The molecule has 0 radical (unpaired) electrons. The Balaban J connectivity index is 0. The topological polar surface area (TPSA) is 80.3 Å². The van der Waals surface area contributed by atoms with Crippen LogP contribution in [0.2, 0.25) is 0 Å². The average Bonchev–Trinajstić information content (AvgIpc) is 1.27. The summed E-state index contributed by atoms with van der Waals surface area (Å²) in [5.41, 5.74) is 0. The molecule has 46 valence electrons. The summed E-state index contributed by atoms with van der Waals surface area (Å²) >= 11 is 0. The SMILES string of the molecule is O=[SH](=O)N[SH](=O)=O.[LiH]. The van der Waals surface area contributed by atoms with Crippen LogP contribution >= 0.6 is 0 Å². The van der Waals surface area contributed by atoms with Gasteiger partial charge in [0.1, 0.15) is 0 Å². The van der Waals surface area contributed by atoms with E-state index >= 15 is 0 Å². The van der Waals surface area contributed by atoms with Crippen molar-refractivity contribution < 1.29 is 16.8 Å². The van der Waals surface area contributed by atoms with Gasteiger partial charge in [0, 0.05) is 0 Å². The van der Waals surface area contributed by atoms with Gasteiger partial charge in [0.25, 0.3) is 0 Å². The molecule has 0 unspecified atom stereocenters. The van der Waals surface area contributed by atoms with Gasteiger partial charge < -0.3 is 0 Å². The molecule has 0 aliphatic rings. The summed E-state index contributed by atoms with van der Waals surface area (Å²) in [5.74, 6) is 0. The summed E-state index contributed by atoms with van der Waals surface area (Å²) in [5, 5.41) is 0. The second kappa shape index (κ2) is 5.59. The van der Waals surface area contributed by atoms with Gasteiger partial charge in [-0.15, -0.1) is 4.13 Å². The average molecular weight is 153 g/mol. The standard InChI is InChI=1S/Li.H3NO4S2.H/c;2-6(3)1-7(4)5;/h;6-7H,(H,1,2,3,4,5);. The Kier molecular flexibility index (Phi) is 7.88. The molecule has 0 bridgehead atoms. The van der Waals surface area contributed by atoms with E-state index in [1.54, 1.807) is 0 Å². The third-order valence-electron chi connectivity index (χ3n) is 0.163. The van der Waals surface area contributed by atoms with Gasteiger partial charge in [0.15, 0.2) is 0 Å². The van der Waals surface area contributed by atoms with Gasteiger partial charge in [-0.1, -0.05) is 0 Å². The predicted molar refractivity (Wildman–Crippen MR) is 30.9 cm³/mol. The van der Waals surface area contributed by atoms with Crippen molar-refractivity contribution in [2.75, 3.05) is 0 Å². The maximum atomic E-state index is 9.35. The Bertz CT molecular complexity index is 142. The zero-order chi connectivity index (χ0) is 5.86. The van der Waals surface area contributed by atoms with Crippen LogP contribution in [0.1, 0.15) is 0 Å². The number of hydrogen-bond donors (Lipinski definition) is 3. The van der Waals surface area contributed by atoms with E-state index in [4.69, 9.17) is 0 Å². The molecular formula is H4LiNO4S2. The van der Waals surface area contributed by atoms with Gasteiger partial charge >= 0.3 is 18.9 Å². The summed E-state index contributed by atoms with van der Waals surface area (Å²) in [7, 11) is -5.97. The molecule has 1 N–H and O–H groups in total. The quantitative estimate of drug-likeness (QED) is 0.291. The van der Waals surface area contributed by atoms with Crippen LogP contribution in [0.25, 0.3) is 0 Å². The summed E-state index contributed by atoms with van der Waals surface area (Å²) in [6.07, 6.45) is 0. The zero-order valence-corrected chi connectivity index (χ0v) is 4.82. The van der Waals surface area contributed by atoms with Gasteiger partial charge in [-0.05, 0) is 0 Å². The van der Waals surface area contributed by atoms with E-state index in [9.17, 15) is 16.8 Å². The molecule has 8 heavy (non-hydrogen) atoms. The molecule has 0 rings (SSSR count). The van der Waals surface area contributed by atoms with Crippen LogP contribution in [-0.4, -0.2) is 35.7 Å². The summed E-state index contributed by atoms with van der Waals surface area (Å²) in [6.45, 7) is 0. The zero-order valence-electron chi connectivity index (χ0n) is 3.03. The normalized spacial score (nSPS) is 9.25. The molecule has 5 nitrogen and oxygen atoms in total. The number of rotatable bonds is 2. The van der Waals surface area contributed by atoms with Crippen LogP contribution in [0.5, 0.6) is 0 Å². The van der Waals surface area contributed by atoms with E-state index in [2.05, 4.69) is 0 Å². The Hall–Kier alpha value is 0.457. The van der Waals surface area contributed by atoms with Gasteiger partial charge in [0.05, 0.1) is 0 Å². The molecule has 0 aliphatic heterocycles. The first kappa shape index (κ1) is 11.3. The molecule has 0 aliphatic carbocycles. The fourth-order valence-electron chi connectivity index (χ4n) is 0.0667. The molecule has 0 spiro atoms. The summed E-state index contributed by atoms with van der Waals surface area (Å²) in [6, 6.07) is 0. The maximum absolute atomic E-state index is 9.35. The van der Waals surface area contributed by atoms with Crippen LogP contribution in [0, 0.1) is 0 Å². The van der Waals surface area contributed by atoms with Crippen molar-refractivity contribution in [3.8, 4) is 0 Å². The number of nitrogens with one attached hydrogen (secondary N) is 1. The fourth-order valence-corrected chi connectivity index (χ4v) is 0.600. The van der Waals surface area contributed by atoms with Crippen molar-refractivity contribution in [1.29, 1.82) is 0 Å². The minimum atomic E-state index is -2.99. The van der Waals surface area contributed by atoms with Crippen LogP contribution in [-0.2, 0) is 21.8 Å². The molecule has 0 heterocycles. The molecule has 8 heteroatoms. The van der Waals surface area contributed by atoms with E-state index in [-0.39, 0.29) is 18.9 Å². The number of hydrogen-bond acceptors (Lipinski definition) is 4. The van der Waals surface area contributed by atoms with Crippen molar-refractivity contribution in [3.63, 3.8) is 0 Å². The van der Waals surface area contributed by atoms with E-state index in [1.807, 2.05) is 0 Å². The third-order valence-corrected chi connectivity index (χ3v) is 1.47. The molecule has 0 aromatic carbocycles. The Morgan fingerprint density at radius 1 is 0.875 bits per heavy atom. The summed E-state index contributed by atoms with van der Waals surface area (Å²) < 4.78 is 38.6. The molecule has 0 saturated heterocycles. The molecule has 0 aromatic rings. The Labute approximate surface area is 61.8 Å². The first-order valence-electron chi connectivity index (χ1n) is 1.18. The van der Waals surface area contributed by atoms with Crippen molar-refractivity contribution in [3.05, 3.63) is 0 Å². The van der Waals surface area contributed by atoms with Crippen LogP contribution < -0.4 is 4.13 Å². The first-order chi connectivity index (χ1) is 3.13. The molecule has 0 fully saturated rings. The van der Waals surface area contributed by atoms with Crippen LogP contribution in [0.3, 0.4) is 0 Å². The molecule has 0 amide bonds. The van der Waals surface area contributed by atoms with Crippen molar-refractivity contribution in [1.82, 2.24) is 4.13 Å². The Morgan fingerprint density at radius 2 is 1.12 bits per heavy atom. The first-order valence-corrected chi connectivity index (χ1v) is 3.53. The summed E-state index contributed by atoms with van der Waals surface area (Å²) in [4.78, 5) is 0. The van der Waals surface area contributed by atoms with Crippen molar-refractivity contribution >= 4 is 40.6 Å². The number of thiol groups is 2. The second-order valence-corrected chi connectivity index (χ2v) is 2.44. The third kappa shape index (κ3) is 9.68. The minimum absolute atomic E-state index is 0. The monoisotopic (exact) mass is 153 g/mol. The van der Waals surface area contributed by atoms with E-state index < -0.39 is 21.8 Å². The van der Waals surface area contributed by atoms with Crippen molar-refractivity contribution in [2.45, 2.75) is 0 Å². The van der Waals surface area contributed by atoms with Crippen LogP contribution in [0.4, 0.5) is 0 Å². The Morgan fingerprint density at radius 3 is 1.12 bits per heavy atom. The second-order valence-electron chi connectivity index (χ2n) is 0.614. The molecule has 0 saturated carbocycles. The van der Waals surface area contributed by atoms with Crippen LogP contribution in [0.15, 0.2) is 0 Å². The van der Waals surface area contributed by atoms with E-state index in [0.717, 1.165) is 0 Å². The van der Waals surface area contributed by atoms with Gasteiger partial charge in [-0.2, -0.15) is 0 Å². The molecular weight excluding hydrogens is 149 g/mol. The van der Waals surface area contributed by atoms with E-state index in [0.29, 0.717) is 0 Å². The van der Waals surface area contributed by atoms with Gasteiger partial charge in [0.2, 0.25) is 21.8 Å². The van der Waals surface area contributed by atoms with Gasteiger partial charge in [-0.25, -0.2) is 16.8 Å². The predicted octanol–water partition coefficient (Wildman–Crippen LogP) is -3.02.